The molecule has 172 valence electrons. The maximum Gasteiger partial charge on any atom is 0.332 e. The predicted molar refractivity (Wildman–Crippen MR) is 118 cm³/mol. The fourth-order valence-electron chi connectivity index (χ4n) is 3.60. The molecule has 11 nitrogen and oxygen atoms in total. The van der Waals surface area contributed by atoms with Gasteiger partial charge in [-0.3, -0.25) is 33.2 Å². The van der Waals surface area contributed by atoms with Crippen molar-refractivity contribution in [2.75, 3.05) is 13.2 Å². The van der Waals surface area contributed by atoms with Crippen LogP contribution in [-0.2, 0) is 30.2 Å². The molecule has 3 heterocycles. The third-order valence-electron chi connectivity index (χ3n) is 5.29. The Morgan fingerprint density at radius 2 is 1.64 bits per heavy atom. The Balaban J connectivity index is 1.38. The van der Waals surface area contributed by atoms with Crippen molar-refractivity contribution in [3.8, 4) is 0 Å². The molecule has 0 spiro atoms. The number of hydrogen-bond acceptors (Lipinski definition) is 7. The highest BCUT2D eigenvalue weighted by Crippen LogP contribution is 2.31. The monoisotopic (exact) mass is 493 g/mol. The van der Waals surface area contributed by atoms with E-state index in [9.17, 15) is 24.0 Å². The van der Waals surface area contributed by atoms with E-state index in [1.54, 1.807) is 7.05 Å². The Bertz CT molecular complexity index is 1410. The highest BCUT2D eigenvalue weighted by molar-refractivity contribution is 6.43. The van der Waals surface area contributed by atoms with E-state index < -0.39 is 35.6 Å². The summed E-state index contributed by atoms with van der Waals surface area (Å²) in [5, 5.41) is 0.235. The van der Waals surface area contributed by atoms with Gasteiger partial charge >= 0.3 is 11.7 Å². The van der Waals surface area contributed by atoms with Crippen LogP contribution in [0.15, 0.2) is 28.0 Å². The van der Waals surface area contributed by atoms with E-state index in [4.69, 9.17) is 27.9 Å². The van der Waals surface area contributed by atoms with Gasteiger partial charge in [-0.2, -0.15) is 0 Å². The van der Waals surface area contributed by atoms with Crippen molar-refractivity contribution in [2.45, 2.75) is 13.0 Å². The first-order valence-corrected chi connectivity index (χ1v) is 10.5. The van der Waals surface area contributed by atoms with E-state index >= 15 is 0 Å². The first-order valence-electron chi connectivity index (χ1n) is 9.73. The van der Waals surface area contributed by atoms with Crippen LogP contribution >= 0.6 is 23.2 Å². The molecule has 0 atom stereocenters. The highest BCUT2D eigenvalue weighted by Gasteiger charge is 2.37. The average molecular weight is 494 g/mol. The summed E-state index contributed by atoms with van der Waals surface area (Å²) in [4.78, 5) is 67.0. The number of imide groups is 1. The lowest BCUT2D eigenvalue weighted by molar-refractivity contribution is -0.144. The van der Waals surface area contributed by atoms with E-state index in [0.717, 1.165) is 9.47 Å². The molecule has 2 amide bonds. The quantitative estimate of drug-likeness (QED) is 0.284. The van der Waals surface area contributed by atoms with Gasteiger partial charge in [0, 0.05) is 20.6 Å². The van der Waals surface area contributed by atoms with Crippen molar-refractivity contribution in [3.05, 3.63) is 60.5 Å². The Kier molecular flexibility index (Phi) is 5.85. The summed E-state index contributed by atoms with van der Waals surface area (Å²) in [5.74, 6) is -2.17. The van der Waals surface area contributed by atoms with Crippen LogP contribution < -0.4 is 11.2 Å². The standard InChI is InChI=1S/C20H17Cl2N5O6/c1-24-9-23-16-15(24)19(31)26(20(32)25(16)2)4-3-5-33-14(28)8-27-17(29)10-6-12(21)13(22)7-11(10)18(27)30/h6-7,9H,3-5,8H2,1-2H3. The van der Waals surface area contributed by atoms with Gasteiger partial charge in [-0.05, 0) is 18.6 Å². The minimum absolute atomic E-state index is 0.00389. The van der Waals surface area contributed by atoms with E-state index in [2.05, 4.69) is 4.98 Å². The molecule has 0 fully saturated rings. The summed E-state index contributed by atoms with van der Waals surface area (Å²) in [6.45, 7) is -0.715. The number of aromatic nitrogens is 4. The van der Waals surface area contributed by atoms with Crippen LogP contribution in [0.25, 0.3) is 11.2 Å². The number of nitrogens with zero attached hydrogens (tertiary/aromatic N) is 5. The van der Waals surface area contributed by atoms with Crippen LogP contribution in [0.2, 0.25) is 10.0 Å². The fraction of sp³-hybridized carbons (Fsp3) is 0.300. The zero-order valence-corrected chi connectivity index (χ0v) is 19.0. The maximum absolute atomic E-state index is 12.7. The van der Waals surface area contributed by atoms with Gasteiger partial charge in [-0.15, -0.1) is 0 Å². The second kappa shape index (κ2) is 8.49. The topological polar surface area (TPSA) is 126 Å². The Morgan fingerprint density at radius 3 is 2.24 bits per heavy atom. The summed E-state index contributed by atoms with van der Waals surface area (Å²) in [6.07, 6.45) is 1.61. The van der Waals surface area contributed by atoms with E-state index in [1.807, 2.05) is 0 Å². The summed E-state index contributed by atoms with van der Waals surface area (Å²) >= 11 is 11.8. The minimum Gasteiger partial charge on any atom is -0.464 e. The number of halogens is 2. The molecular weight excluding hydrogens is 477 g/mol. The highest BCUT2D eigenvalue weighted by atomic mass is 35.5. The fourth-order valence-corrected chi connectivity index (χ4v) is 3.93. The third kappa shape index (κ3) is 3.83. The smallest absolute Gasteiger partial charge is 0.332 e. The largest absolute Gasteiger partial charge is 0.464 e. The number of hydrogen-bond donors (Lipinski definition) is 0. The van der Waals surface area contributed by atoms with Gasteiger partial charge in [-0.1, -0.05) is 23.2 Å². The van der Waals surface area contributed by atoms with Crippen LogP contribution in [0.4, 0.5) is 0 Å². The van der Waals surface area contributed by atoms with Crippen LogP contribution in [0, 0.1) is 0 Å². The molecule has 3 aromatic rings. The zero-order valence-electron chi connectivity index (χ0n) is 17.5. The lowest BCUT2D eigenvalue weighted by atomic mass is 10.1. The normalized spacial score (nSPS) is 13.2. The maximum atomic E-state index is 12.7. The first-order chi connectivity index (χ1) is 15.6. The van der Waals surface area contributed by atoms with Crippen molar-refractivity contribution in [3.63, 3.8) is 0 Å². The second-order valence-electron chi connectivity index (χ2n) is 7.41. The number of carbonyl (C=O) groups excluding carboxylic acids is 3. The molecule has 0 unspecified atom stereocenters. The van der Waals surface area contributed by atoms with Gasteiger partial charge in [0.05, 0.1) is 34.1 Å². The van der Waals surface area contributed by atoms with Crippen molar-refractivity contribution in [2.24, 2.45) is 14.1 Å². The number of fused-ring (bicyclic) bond motifs is 2. The Labute approximate surface area is 195 Å². The van der Waals surface area contributed by atoms with E-state index in [1.165, 1.54) is 34.6 Å². The molecule has 13 heteroatoms. The third-order valence-corrected chi connectivity index (χ3v) is 6.01. The Hall–Kier alpha value is -3.44. The number of aryl methyl sites for hydroxylation is 2. The molecule has 0 saturated heterocycles. The molecule has 1 aliphatic heterocycles. The molecule has 1 aliphatic rings. The molecule has 0 aliphatic carbocycles. The zero-order chi connectivity index (χ0) is 24.0. The van der Waals surface area contributed by atoms with Gasteiger partial charge in [0.1, 0.15) is 6.54 Å². The number of rotatable bonds is 6. The summed E-state index contributed by atoms with van der Waals surface area (Å²) in [6, 6.07) is 2.56. The van der Waals surface area contributed by atoms with Crippen LogP contribution in [0.3, 0.4) is 0 Å². The molecule has 4 rings (SSSR count). The molecule has 0 N–H and O–H groups in total. The molecule has 0 saturated carbocycles. The lowest BCUT2D eigenvalue weighted by Gasteiger charge is -2.13. The predicted octanol–water partition coefficient (Wildman–Crippen LogP) is 0.970. The molecule has 0 radical (unpaired) electrons. The van der Waals surface area contributed by atoms with Crippen molar-refractivity contribution in [1.82, 2.24) is 23.6 Å². The van der Waals surface area contributed by atoms with Crippen LogP contribution in [-0.4, -0.2) is 54.5 Å². The van der Waals surface area contributed by atoms with Gasteiger partial charge in [0.25, 0.3) is 17.4 Å². The molecule has 2 aromatic heterocycles. The number of carbonyl (C=O) groups is 3. The number of imidazole rings is 1. The van der Waals surface area contributed by atoms with Crippen molar-refractivity contribution < 1.29 is 19.1 Å². The number of esters is 1. The number of benzene rings is 1. The molecule has 0 bridgehead atoms. The van der Waals surface area contributed by atoms with Crippen LogP contribution in [0.1, 0.15) is 27.1 Å². The molecule has 1 aromatic carbocycles. The minimum atomic E-state index is -0.816. The second-order valence-corrected chi connectivity index (χ2v) is 8.22. The van der Waals surface area contributed by atoms with Crippen molar-refractivity contribution in [1.29, 1.82) is 0 Å². The molecular formula is C20H17Cl2N5O6. The first kappa shape index (κ1) is 22.7. The van der Waals surface area contributed by atoms with Gasteiger partial charge in [0.2, 0.25) is 0 Å². The van der Waals surface area contributed by atoms with Gasteiger partial charge < -0.3 is 9.30 Å². The lowest BCUT2D eigenvalue weighted by Crippen LogP contribution is -2.40. The summed E-state index contributed by atoms with van der Waals surface area (Å²) < 4.78 is 8.92. The van der Waals surface area contributed by atoms with Gasteiger partial charge in [-0.25, -0.2) is 9.78 Å². The summed E-state index contributed by atoms with van der Waals surface area (Å²) in [7, 11) is 3.16. The number of amides is 2. The van der Waals surface area contributed by atoms with Gasteiger partial charge in [0.15, 0.2) is 11.2 Å². The molecule has 33 heavy (non-hydrogen) atoms. The Morgan fingerprint density at radius 1 is 1.03 bits per heavy atom. The summed E-state index contributed by atoms with van der Waals surface area (Å²) in [5.41, 5.74) is -0.367. The van der Waals surface area contributed by atoms with E-state index in [-0.39, 0.29) is 51.9 Å². The van der Waals surface area contributed by atoms with E-state index in [0.29, 0.717) is 0 Å². The average Bonchev–Trinajstić information content (AvgIpc) is 3.26. The SMILES string of the molecule is Cn1cnc2c1c(=O)n(CCCOC(=O)CN1C(=O)c3cc(Cl)c(Cl)cc3C1=O)c(=O)n2C. The van der Waals surface area contributed by atoms with Crippen LogP contribution in [0.5, 0.6) is 0 Å². The number of ether oxygens (including phenoxy) is 1. The van der Waals surface area contributed by atoms with Crippen molar-refractivity contribution >= 4 is 52.1 Å².